The van der Waals surface area contributed by atoms with Crippen molar-refractivity contribution in [2.24, 2.45) is 0 Å². The van der Waals surface area contributed by atoms with E-state index in [0.29, 0.717) is 11.3 Å². The molecule has 0 aliphatic rings. The number of hydrogen-bond donors (Lipinski definition) is 0. The second kappa shape index (κ2) is 6.55. The number of carbonyl (C=O) groups is 1. The van der Waals surface area contributed by atoms with Gasteiger partial charge in [-0.15, -0.1) is 0 Å². The van der Waals surface area contributed by atoms with Gasteiger partial charge in [-0.2, -0.15) is 0 Å². The van der Waals surface area contributed by atoms with Crippen molar-refractivity contribution in [3.8, 4) is 5.75 Å². The normalized spacial score (nSPS) is 11.7. The van der Waals surface area contributed by atoms with Gasteiger partial charge in [0.05, 0.1) is 5.56 Å². The molecule has 4 aromatic rings. The summed E-state index contributed by atoms with van der Waals surface area (Å²) in [6.07, 6.45) is 0. The highest BCUT2D eigenvalue weighted by molar-refractivity contribution is 6.09. The Balaban J connectivity index is 2.01. The quantitative estimate of drug-likeness (QED) is 0.233. The predicted octanol–water partition coefficient (Wildman–Crippen LogP) is 6.51. The Kier molecular flexibility index (Phi) is 4.19. The lowest BCUT2D eigenvalue weighted by Gasteiger charge is -2.23. The average molecular weight is 354 g/mol. The lowest BCUT2D eigenvalue weighted by atomic mass is 9.82. The highest BCUT2D eigenvalue weighted by atomic mass is 16.5. The van der Waals surface area contributed by atoms with Crippen molar-refractivity contribution in [2.45, 2.75) is 26.2 Å². The van der Waals surface area contributed by atoms with E-state index in [1.165, 1.54) is 5.56 Å². The summed E-state index contributed by atoms with van der Waals surface area (Å²) in [4.78, 5) is 12.8. The third kappa shape index (κ3) is 3.19. The van der Waals surface area contributed by atoms with Gasteiger partial charge in [0.2, 0.25) is 0 Å². The van der Waals surface area contributed by atoms with Gasteiger partial charge < -0.3 is 4.74 Å². The average Bonchev–Trinajstić information content (AvgIpc) is 2.67. The van der Waals surface area contributed by atoms with Crippen LogP contribution < -0.4 is 4.74 Å². The van der Waals surface area contributed by atoms with E-state index >= 15 is 0 Å². The van der Waals surface area contributed by atoms with Crippen LogP contribution in [0, 0.1) is 0 Å². The van der Waals surface area contributed by atoms with Crippen LogP contribution in [0.15, 0.2) is 78.9 Å². The van der Waals surface area contributed by atoms with E-state index in [-0.39, 0.29) is 11.4 Å². The third-order valence-electron chi connectivity index (χ3n) is 4.85. The highest BCUT2D eigenvalue weighted by Crippen LogP contribution is 2.41. The Morgan fingerprint density at radius 2 is 1.44 bits per heavy atom. The third-order valence-corrected chi connectivity index (χ3v) is 4.85. The van der Waals surface area contributed by atoms with Gasteiger partial charge in [-0.05, 0) is 39.9 Å². The first kappa shape index (κ1) is 17.3. The second-order valence-electron chi connectivity index (χ2n) is 7.84. The molecule has 0 unspecified atom stereocenters. The summed E-state index contributed by atoms with van der Waals surface area (Å²) in [7, 11) is 0. The maximum absolute atomic E-state index is 12.8. The van der Waals surface area contributed by atoms with Crippen molar-refractivity contribution in [1.82, 2.24) is 0 Å². The van der Waals surface area contributed by atoms with Crippen molar-refractivity contribution < 1.29 is 9.53 Å². The number of benzene rings is 4. The van der Waals surface area contributed by atoms with Crippen LogP contribution in [0.5, 0.6) is 5.75 Å². The Morgan fingerprint density at radius 1 is 0.778 bits per heavy atom. The second-order valence-corrected chi connectivity index (χ2v) is 7.84. The lowest BCUT2D eigenvalue weighted by molar-refractivity contribution is 0.0739. The van der Waals surface area contributed by atoms with Gasteiger partial charge in [0.25, 0.3) is 0 Å². The minimum Gasteiger partial charge on any atom is -0.422 e. The van der Waals surface area contributed by atoms with Gasteiger partial charge in [0, 0.05) is 10.8 Å². The van der Waals surface area contributed by atoms with Crippen LogP contribution in [0.25, 0.3) is 21.5 Å². The summed E-state index contributed by atoms with van der Waals surface area (Å²) in [6, 6.07) is 25.6. The minimum absolute atomic E-state index is 0.0735. The largest absolute Gasteiger partial charge is 0.422 e. The zero-order valence-corrected chi connectivity index (χ0v) is 15.8. The van der Waals surface area contributed by atoms with Crippen LogP contribution in [0.2, 0.25) is 0 Å². The number of carbonyl (C=O) groups excluding carboxylic acids is 1. The van der Waals surface area contributed by atoms with Crippen molar-refractivity contribution in [3.05, 3.63) is 90.0 Å². The first-order chi connectivity index (χ1) is 12.9. The minimum atomic E-state index is -0.336. The molecule has 2 nitrogen and oxygen atoms in total. The Hall–Kier alpha value is -3.13. The fraction of sp³-hybridized carbons (Fsp3) is 0.160. The molecule has 27 heavy (non-hydrogen) atoms. The van der Waals surface area contributed by atoms with Crippen LogP contribution in [-0.2, 0) is 5.41 Å². The number of ether oxygens (including phenoxy) is 1. The summed E-state index contributed by atoms with van der Waals surface area (Å²) < 4.78 is 6.02. The number of fused-ring (bicyclic) bond motifs is 2. The molecule has 2 heteroatoms. The zero-order chi connectivity index (χ0) is 19.0. The Morgan fingerprint density at radius 3 is 2.19 bits per heavy atom. The molecule has 4 aromatic carbocycles. The molecule has 0 aliphatic carbocycles. The van der Waals surface area contributed by atoms with Crippen LogP contribution in [-0.4, -0.2) is 5.97 Å². The van der Waals surface area contributed by atoms with Crippen LogP contribution in [0.3, 0.4) is 0 Å². The molecule has 4 rings (SSSR count). The van der Waals surface area contributed by atoms with Gasteiger partial charge in [-0.25, -0.2) is 4.79 Å². The molecule has 0 bridgehead atoms. The van der Waals surface area contributed by atoms with Gasteiger partial charge in [0.1, 0.15) is 5.75 Å². The number of rotatable bonds is 2. The molecule has 0 aromatic heterocycles. The summed E-state index contributed by atoms with van der Waals surface area (Å²) in [5.41, 5.74) is 1.64. The molecule has 0 amide bonds. The van der Waals surface area contributed by atoms with E-state index in [0.717, 1.165) is 21.5 Å². The van der Waals surface area contributed by atoms with E-state index < -0.39 is 0 Å². The fourth-order valence-corrected chi connectivity index (χ4v) is 3.53. The summed E-state index contributed by atoms with van der Waals surface area (Å²) in [5, 5.41) is 4.10. The van der Waals surface area contributed by atoms with Gasteiger partial charge in [-0.1, -0.05) is 81.4 Å². The van der Waals surface area contributed by atoms with Crippen LogP contribution in [0.1, 0.15) is 36.7 Å². The van der Waals surface area contributed by atoms with Crippen molar-refractivity contribution >= 4 is 27.5 Å². The van der Waals surface area contributed by atoms with Gasteiger partial charge >= 0.3 is 5.97 Å². The molecule has 0 fully saturated rings. The SMILES string of the molecule is CC(C)(C)c1cccc2cc3ccccc3c(OC(=O)c3ccccc3)c12. The molecular formula is C25H22O2. The van der Waals surface area contributed by atoms with Gasteiger partial charge in [0.15, 0.2) is 0 Å². The topological polar surface area (TPSA) is 26.3 Å². The van der Waals surface area contributed by atoms with E-state index in [4.69, 9.17) is 4.74 Å². The molecular weight excluding hydrogens is 332 g/mol. The first-order valence-corrected chi connectivity index (χ1v) is 9.17. The molecule has 0 heterocycles. The molecule has 0 spiro atoms. The smallest absolute Gasteiger partial charge is 0.343 e. The summed E-state index contributed by atoms with van der Waals surface area (Å²) in [6.45, 7) is 6.54. The first-order valence-electron chi connectivity index (χ1n) is 9.17. The molecule has 0 radical (unpaired) electrons. The molecule has 0 aliphatic heterocycles. The lowest BCUT2D eigenvalue weighted by Crippen LogP contribution is -2.14. The van der Waals surface area contributed by atoms with Crippen LogP contribution in [0.4, 0.5) is 0 Å². The fourth-order valence-electron chi connectivity index (χ4n) is 3.53. The maximum atomic E-state index is 12.8. The molecule has 0 saturated heterocycles. The van der Waals surface area contributed by atoms with Crippen molar-refractivity contribution in [1.29, 1.82) is 0 Å². The predicted molar refractivity (Wildman–Crippen MR) is 112 cm³/mol. The van der Waals surface area contributed by atoms with Crippen molar-refractivity contribution in [2.75, 3.05) is 0 Å². The monoisotopic (exact) mass is 354 g/mol. The Labute approximate surface area is 159 Å². The number of esters is 1. The Bertz CT molecular complexity index is 1140. The number of hydrogen-bond acceptors (Lipinski definition) is 2. The highest BCUT2D eigenvalue weighted by Gasteiger charge is 2.22. The summed E-state index contributed by atoms with van der Waals surface area (Å²) >= 11 is 0. The van der Waals surface area contributed by atoms with E-state index in [1.54, 1.807) is 12.1 Å². The van der Waals surface area contributed by atoms with Crippen LogP contribution >= 0.6 is 0 Å². The zero-order valence-electron chi connectivity index (χ0n) is 15.8. The molecule has 134 valence electrons. The summed E-state index contributed by atoms with van der Waals surface area (Å²) in [5.74, 6) is 0.305. The van der Waals surface area contributed by atoms with E-state index in [9.17, 15) is 4.79 Å². The van der Waals surface area contributed by atoms with Crippen molar-refractivity contribution in [3.63, 3.8) is 0 Å². The molecule has 0 saturated carbocycles. The van der Waals surface area contributed by atoms with Gasteiger partial charge in [-0.3, -0.25) is 0 Å². The molecule has 0 atom stereocenters. The maximum Gasteiger partial charge on any atom is 0.343 e. The molecule has 0 N–H and O–H groups in total. The standard InChI is InChI=1S/C25H22O2/c1-25(2,3)21-15-9-13-19-16-18-12-7-8-14-20(18)23(22(19)21)27-24(26)17-10-5-4-6-11-17/h4-16H,1-3H3. The van der Waals surface area contributed by atoms with E-state index in [2.05, 4.69) is 51.1 Å². The van der Waals surface area contributed by atoms with E-state index in [1.807, 2.05) is 36.4 Å².